The number of hydrogen-bond donors (Lipinski definition) is 1. The van der Waals surface area contributed by atoms with Crippen LogP contribution in [0.3, 0.4) is 0 Å². The lowest BCUT2D eigenvalue weighted by Crippen LogP contribution is -2.18. The summed E-state index contributed by atoms with van der Waals surface area (Å²) >= 11 is 0. The summed E-state index contributed by atoms with van der Waals surface area (Å²) in [6, 6.07) is 6.39. The van der Waals surface area contributed by atoms with E-state index in [-0.39, 0.29) is 23.0 Å². The zero-order chi connectivity index (χ0) is 20.4. The van der Waals surface area contributed by atoms with Crippen molar-refractivity contribution in [3.8, 4) is 0 Å². The molecule has 1 aliphatic carbocycles. The molecule has 0 unspecified atom stereocenters. The number of sulfone groups is 1. The Labute approximate surface area is 165 Å². The van der Waals surface area contributed by atoms with Gasteiger partial charge in [0.05, 0.1) is 10.1 Å². The Morgan fingerprint density at radius 1 is 1.18 bits per heavy atom. The third-order valence-corrected chi connectivity index (χ3v) is 7.19. The van der Waals surface area contributed by atoms with E-state index in [0.717, 1.165) is 25.7 Å². The summed E-state index contributed by atoms with van der Waals surface area (Å²) in [7, 11) is -3.28. The van der Waals surface area contributed by atoms with E-state index in [9.17, 15) is 13.2 Å². The van der Waals surface area contributed by atoms with Crippen molar-refractivity contribution in [2.45, 2.75) is 74.9 Å². The largest absolute Gasteiger partial charge is 0.339 e. The highest BCUT2D eigenvalue weighted by atomic mass is 32.2. The molecule has 0 spiro atoms. The second-order valence-corrected chi connectivity index (χ2v) is 10.5. The van der Waals surface area contributed by atoms with E-state index in [0.29, 0.717) is 28.7 Å². The highest BCUT2D eigenvalue weighted by Crippen LogP contribution is 2.30. The van der Waals surface area contributed by atoms with Gasteiger partial charge in [0, 0.05) is 23.9 Å². The number of aromatic nitrogens is 2. The first kappa shape index (κ1) is 20.5. The lowest BCUT2D eigenvalue weighted by Gasteiger charge is -2.12. The van der Waals surface area contributed by atoms with Gasteiger partial charge in [-0.25, -0.2) is 8.42 Å². The number of rotatable bonds is 6. The predicted molar refractivity (Wildman–Crippen MR) is 106 cm³/mol. The number of nitrogens with one attached hydrogen (secondary N) is 1. The maximum Gasteiger partial charge on any atom is 0.227 e. The molecule has 2 aromatic rings. The number of aryl methyl sites for hydroxylation is 1. The van der Waals surface area contributed by atoms with Crippen molar-refractivity contribution in [3.63, 3.8) is 0 Å². The van der Waals surface area contributed by atoms with Crippen LogP contribution in [0, 0.1) is 0 Å². The zero-order valence-electron chi connectivity index (χ0n) is 16.6. The highest BCUT2D eigenvalue weighted by Gasteiger charge is 2.30. The summed E-state index contributed by atoms with van der Waals surface area (Å²) in [5.41, 5.74) is 0.362. The van der Waals surface area contributed by atoms with E-state index in [1.165, 1.54) is 0 Å². The Balaban J connectivity index is 1.55. The van der Waals surface area contributed by atoms with Gasteiger partial charge in [-0.3, -0.25) is 4.79 Å². The Morgan fingerprint density at radius 3 is 2.39 bits per heavy atom. The molecular weight excluding hydrogens is 378 g/mol. The molecule has 1 saturated carbocycles. The SMILES string of the molecule is CC(C)(C)c1noc(CCC(=O)Nc2ccc(S(=O)(=O)C3CCCC3)cc2)n1. The van der Waals surface area contributed by atoms with Crippen LogP contribution in [0.2, 0.25) is 0 Å². The van der Waals surface area contributed by atoms with Crippen molar-refractivity contribution < 1.29 is 17.7 Å². The zero-order valence-corrected chi connectivity index (χ0v) is 17.4. The normalized spacial score (nSPS) is 15.7. The molecule has 152 valence electrons. The Morgan fingerprint density at radius 2 is 1.82 bits per heavy atom. The summed E-state index contributed by atoms with van der Waals surface area (Å²) in [5.74, 6) is 0.849. The van der Waals surface area contributed by atoms with Crippen LogP contribution in [0.25, 0.3) is 0 Å². The van der Waals surface area contributed by atoms with Crippen LogP contribution in [0.15, 0.2) is 33.7 Å². The lowest BCUT2D eigenvalue weighted by atomic mass is 9.96. The van der Waals surface area contributed by atoms with Gasteiger partial charge >= 0.3 is 0 Å². The monoisotopic (exact) mass is 405 g/mol. The maximum atomic E-state index is 12.6. The van der Waals surface area contributed by atoms with Gasteiger partial charge in [0.1, 0.15) is 0 Å². The number of amides is 1. The fourth-order valence-electron chi connectivity index (χ4n) is 3.22. The first-order chi connectivity index (χ1) is 13.2. The van der Waals surface area contributed by atoms with Crippen molar-refractivity contribution in [3.05, 3.63) is 36.0 Å². The molecule has 0 atom stereocenters. The minimum Gasteiger partial charge on any atom is -0.339 e. The first-order valence-electron chi connectivity index (χ1n) is 9.63. The molecule has 1 aliphatic rings. The minimum atomic E-state index is -3.28. The number of carbonyl (C=O) groups is 1. The molecule has 28 heavy (non-hydrogen) atoms. The average molecular weight is 406 g/mol. The van der Waals surface area contributed by atoms with Crippen LogP contribution < -0.4 is 5.32 Å². The number of carbonyl (C=O) groups excluding carboxylic acids is 1. The fourth-order valence-corrected chi connectivity index (χ4v) is 5.08. The lowest BCUT2D eigenvalue weighted by molar-refractivity contribution is -0.116. The molecule has 1 fully saturated rings. The summed E-state index contributed by atoms with van der Waals surface area (Å²) in [5, 5.41) is 6.44. The maximum absolute atomic E-state index is 12.6. The van der Waals surface area contributed by atoms with Gasteiger partial charge in [0.15, 0.2) is 15.7 Å². The van der Waals surface area contributed by atoms with Crippen molar-refractivity contribution in [2.75, 3.05) is 5.32 Å². The van der Waals surface area contributed by atoms with Gasteiger partial charge in [-0.15, -0.1) is 0 Å². The van der Waals surface area contributed by atoms with Gasteiger partial charge in [0.2, 0.25) is 11.8 Å². The smallest absolute Gasteiger partial charge is 0.227 e. The Hall–Kier alpha value is -2.22. The van der Waals surface area contributed by atoms with Crippen molar-refractivity contribution >= 4 is 21.4 Å². The molecule has 0 saturated heterocycles. The molecular formula is C20H27N3O4S. The van der Waals surface area contributed by atoms with E-state index >= 15 is 0 Å². The quantitative estimate of drug-likeness (QED) is 0.787. The van der Waals surface area contributed by atoms with Crippen molar-refractivity contribution in [2.24, 2.45) is 0 Å². The van der Waals surface area contributed by atoms with Crippen LogP contribution >= 0.6 is 0 Å². The predicted octanol–water partition coefficient (Wildman–Crippen LogP) is 3.65. The standard InChI is InChI=1S/C20H27N3O4S/c1-20(2,3)19-22-18(27-23-19)13-12-17(24)21-14-8-10-16(11-9-14)28(25,26)15-6-4-5-7-15/h8-11,15H,4-7,12-13H2,1-3H3,(H,21,24). The summed E-state index contributed by atoms with van der Waals surface area (Å²) < 4.78 is 30.4. The second-order valence-electron chi connectivity index (χ2n) is 8.29. The van der Waals surface area contributed by atoms with Crippen LogP contribution in [-0.2, 0) is 26.5 Å². The molecule has 0 bridgehead atoms. The molecule has 1 aromatic heterocycles. The molecule has 8 heteroatoms. The van der Waals surface area contributed by atoms with Crippen molar-refractivity contribution in [1.29, 1.82) is 0 Å². The molecule has 1 N–H and O–H groups in total. The van der Waals surface area contributed by atoms with E-state index in [1.54, 1.807) is 24.3 Å². The summed E-state index contributed by atoms with van der Waals surface area (Å²) in [6.07, 6.45) is 3.95. The van der Waals surface area contributed by atoms with E-state index in [2.05, 4.69) is 15.5 Å². The van der Waals surface area contributed by atoms with Crippen LogP contribution in [0.4, 0.5) is 5.69 Å². The topological polar surface area (TPSA) is 102 Å². The van der Waals surface area contributed by atoms with Gasteiger partial charge in [0.25, 0.3) is 0 Å². The van der Waals surface area contributed by atoms with Gasteiger partial charge in [-0.2, -0.15) is 4.98 Å². The fraction of sp³-hybridized carbons (Fsp3) is 0.550. The van der Waals surface area contributed by atoms with Crippen LogP contribution in [0.5, 0.6) is 0 Å². The molecule has 0 radical (unpaired) electrons. The van der Waals surface area contributed by atoms with Gasteiger partial charge in [-0.1, -0.05) is 38.8 Å². The Kier molecular flexibility index (Phi) is 5.88. The number of nitrogens with zero attached hydrogens (tertiary/aromatic N) is 2. The van der Waals surface area contributed by atoms with E-state index in [1.807, 2.05) is 20.8 Å². The summed E-state index contributed by atoms with van der Waals surface area (Å²) in [6.45, 7) is 5.97. The third kappa shape index (κ3) is 4.79. The van der Waals surface area contributed by atoms with Crippen LogP contribution in [0.1, 0.15) is 64.6 Å². The van der Waals surface area contributed by atoms with Gasteiger partial charge < -0.3 is 9.84 Å². The molecule has 3 rings (SSSR count). The average Bonchev–Trinajstić information content (AvgIpc) is 3.32. The third-order valence-electron chi connectivity index (χ3n) is 4.91. The number of hydrogen-bond acceptors (Lipinski definition) is 6. The molecule has 0 aliphatic heterocycles. The summed E-state index contributed by atoms with van der Waals surface area (Å²) in [4.78, 5) is 16.8. The first-order valence-corrected chi connectivity index (χ1v) is 11.2. The van der Waals surface area contributed by atoms with E-state index in [4.69, 9.17) is 4.52 Å². The Bertz CT molecular complexity index is 921. The highest BCUT2D eigenvalue weighted by molar-refractivity contribution is 7.92. The van der Waals surface area contributed by atoms with E-state index < -0.39 is 9.84 Å². The van der Waals surface area contributed by atoms with Gasteiger partial charge in [-0.05, 0) is 37.1 Å². The van der Waals surface area contributed by atoms with Crippen LogP contribution in [-0.4, -0.2) is 29.7 Å². The number of benzene rings is 1. The van der Waals surface area contributed by atoms with Crippen molar-refractivity contribution in [1.82, 2.24) is 10.1 Å². The molecule has 7 nitrogen and oxygen atoms in total. The second kappa shape index (κ2) is 8.03. The minimum absolute atomic E-state index is 0.193. The molecule has 1 amide bonds. The number of anilines is 1. The molecule has 1 aromatic carbocycles. The molecule has 1 heterocycles.